The number of nitrogens with zero attached hydrogens (tertiary/aromatic N) is 6. The maximum atomic E-state index is 13.3. The highest BCUT2D eigenvalue weighted by atomic mass is 16.2. The summed E-state index contributed by atoms with van der Waals surface area (Å²) in [7, 11) is 1.96. The van der Waals surface area contributed by atoms with Crippen LogP contribution in [0.4, 0.5) is 5.82 Å². The molecular formula is C23H26N6O2. The average Bonchev–Trinajstić information content (AvgIpc) is 3.55. The van der Waals surface area contributed by atoms with E-state index in [0.717, 1.165) is 30.8 Å². The molecule has 1 atom stereocenters. The summed E-state index contributed by atoms with van der Waals surface area (Å²) >= 11 is 0. The first kappa shape index (κ1) is 19.5. The minimum atomic E-state index is -0.178. The highest BCUT2D eigenvalue weighted by Gasteiger charge is 2.39. The standard InChI is InChI=1S/C23H26N6O2/c1-26-10-6-17(12-26)4-5-22(30)27-13-18-15-28(16-19(18)14-27)23(31)20-3-2-9-29(20)21-11-24-7-8-25-21/h4-8,10-12,20H,2-3,9,13-16H2,1H3/b5-4+. The Morgan fingerprint density at radius 2 is 1.87 bits per heavy atom. The van der Waals surface area contributed by atoms with Gasteiger partial charge in [-0.15, -0.1) is 0 Å². The number of aromatic nitrogens is 3. The Morgan fingerprint density at radius 1 is 1.10 bits per heavy atom. The van der Waals surface area contributed by atoms with Crippen molar-refractivity contribution in [1.82, 2.24) is 24.3 Å². The molecule has 0 aliphatic carbocycles. The Hall–Kier alpha value is -3.42. The number of carbonyl (C=O) groups is 2. The molecule has 2 aromatic heterocycles. The van der Waals surface area contributed by atoms with Crippen molar-refractivity contribution in [3.8, 4) is 0 Å². The van der Waals surface area contributed by atoms with Crippen LogP contribution >= 0.6 is 0 Å². The van der Waals surface area contributed by atoms with Crippen LogP contribution in [0, 0.1) is 0 Å². The van der Waals surface area contributed by atoms with Crippen molar-refractivity contribution in [2.24, 2.45) is 7.05 Å². The lowest BCUT2D eigenvalue weighted by molar-refractivity contribution is -0.131. The van der Waals surface area contributed by atoms with Gasteiger partial charge in [0, 0.05) is 70.6 Å². The van der Waals surface area contributed by atoms with Gasteiger partial charge >= 0.3 is 0 Å². The van der Waals surface area contributed by atoms with Gasteiger partial charge in [-0.1, -0.05) is 0 Å². The highest BCUT2D eigenvalue weighted by Crippen LogP contribution is 2.30. The molecule has 8 nitrogen and oxygen atoms in total. The first-order valence-electron chi connectivity index (χ1n) is 10.7. The van der Waals surface area contributed by atoms with Gasteiger partial charge in [-0.2, -0.15) is 0 Å². The van der Waals surface area contributed by atoms with Crippen molar-refractivity contribution in [2.45, 2.75) is 18.9 Å². The third-order valence-corrected chi connectivity index (χ3v) is 6.31. The van der Waals surface area contributed by atoms with Gasteiger partial charge in [0.25, 0.3) is 0 Å². The van der Waals surface area contributed by atoms with Gasteiger partial charge in [0.1, 0.15) is 11.9 Å². The predicted molar refractivity (Wildman–Crippen MR) is 117 cm³/mol. The maximum absolute atomic E-state index is 13.3. The number of anilines is 1. The molecule has 0 N–H and O–H groups in total. The third-order valence-electron chi connectivity index (χ3n) is 6.31. The summed E-state index contributed by atoms with van der Waals surface area (Å²) in [6, 6.07) is 1.80. The van der Waals surface area contributed by atoms with E-state index in [4.69, 9.17) is 0 Å². The van der Waals surface area contributed by atoms with Crippen molar-refractivity contribution < 1.29 is 9.59 Å². The second-order valence-corrected chi connectivity index (χ2v) is 8.45. The summed E-state index contributed by atoms with van der Waals surface area (Å²) in [5.74, 6) is 0.931. The van der Waals surface area contributed by atoms with Crippen molar-refractivity contribution in [2.75, 3.05) is 37.6 Å². The number of hydrogen-bond donors (Lipinski definition) is 0. The van der Waals surface area contributed by atoms with Crippen LogP contribution in [0.3, 0.4) is 0 Å². The van der Waals surface area contributed by atoms with Crippen molar-refractivity contribution >= 4 is 23.7 Å². The molecule has 0 aromatic carbocycles. The summed E-state index contributed by atoms with van der Waals surface area (Å²) in [5.41, 5.74) is 3.43. The lowest BCUT2D eigenvalue weighted by atomic mass is 10.2. The van der Waals surface area contributed by atoms with E-state index in [9.17, 15) is 9.59 Å². The zero-order valence-corrected chi connectivity index (χ0v) is 17.6. The summed E-state index contributed by atoms with van der Waals surface area (Å²) in [6.45, 7) is 3.27. The molecule has 160 valence electrons. The molecule has 3 aliphatic rings. The van der Waals surface area contributed by atoms with Gasteiger partial charge < -0.3 is 19.3 Å². The Bertz CT molecular complexity index is 1040. The van der Waals surface area contributed by atoms with E-state index in [1.165, 1.54) is 11.1 Å². The minimum absolute atomic E-state index is 0.0146. The van der Waals surface area contributed by atoms with E-state index in [1.54, 1.807) is 24.7 Å². The topological polar surface area (TPSA) is 74.6 Å². The van der Waals surface area contributed by atoms with E-state index in [1.807, 2.05) is 46.0 Å². The van der Waals surface area contributed by atoms with Crippen LogP contribution in [0.5, 0.6) is 0 Å². The molecule has 31 heavy (non-hydrogen) atoms. The number of hydrogen-bond acceptors (Lipinski definition) is 5. The summed E-state index contributed by atoms with van der Waals surface area (Å²) in [5, 5.41) is 0. The van der Waals surface area contributed by atoms with E-state index in [-0.39, 0.29) is 17.9 Å². The zero-order chi connectivity index (χ0) is 21.4. The zero-order valence-electron chi connectivity index (χ0n) is 17.6. The average molecular weight is 419 g/mol. The van der Waals surface area contributed by atoms with Crippen LogP contribution in [-0.2, 0) is 16.6 Å². The van der Waals surface area contributed by atoms with Gasteiger partial charge in [-0.05, 0) is 41.7 Å². The molecule has 2 amide bonds. The molecule has 1 saturated heterocycles. The summed E-state index contributed by atoms with van der Waals surface area (Å²) < 4.78 is 1.96. The fourth-order valence-corrected chi connectivity index (χ4v) is 4.74. The molecule has 5 heterocycles. The SMILES string of the molecule is Cn1ccc(/C=C/C(=O)N2CC3=C(C2)CN(C(=O)C2CCCN2c2cnccn2)C3)c1. The number of carbonyl (C=O) groups excluding carboxylic acids is 2. The monoisotopic (exact) mass is 418 g/mol. The minimum Gasteiger partial charge on any atom is -0.357 e. The number of aryl methyl sites for hydroxylation is 1. The van der Waals surface area contributed by atoms with Crippen LogP contribution in [0.2, 0.25) is 0 Å². The molecule has 2 aromatic rings. The van der Waals surface area contributed by atoms with Gasteiger partial charge in [-0.25, -0.2) is 4.98 Å². The Morgan fingerprint density at radius 3 is 2.55 bits per heavy atom. The third kappa shape index (κ3) is 3.85. The van der Waals surface area contributed by atoms with Crippen LogP contribution in [-0.4, -0.2) is 74.9 Å². The maximum Gasteiger partial charge on any atom is 0.247 e. The Kier molecular flexibility index (Phi) is 5.05. The van der Waals surface area contributed by atoms with E-state index in [0.29, 0.717) is 26.2 Å². The summed E-state index contributed by atoms with van der Waals surface area (Å²) in [6.07, 6.45) is 14.3. The van der Waals surface area contributed by atoms with E-state index in [2.05, 4.69) is 14.9 Å². The fraction of sp³-hybridized carbons (Fsp3) is 0.391. The van der Waals surface area contributed by atoms with Crippen LogP contribution in [0.15, 0.2) is 54.3 Å². The molecule has 0 spiro atoms. The fourth-order valence-electron chi connectivity index (χ4n) is 4.74. The van der Waals surface area contributed by atoms with Crippen LogP contribution in [0.1, 0.15) is 18.4 Å². The molecule has 8 heteroatoms. The summed E-state index contributed by atoms with van der Waals surface area (Å²) in [4.78, 5) is 40.2. The first-order valence-corrected chi connectivity index (χ1v) is 10.7. The highest BCUT2D eigenvalue weighted by molar-refractivity contribution is 5.93. The number of rotatable bonds is 4. The molecule has 0 radical (unpaired) electrons. The van der Waals surface area contributed by atoms with E-state index < -0.39 is 0 Å². The van der Waals surface area contributed by atoms with Crippen LogP contribution < -0.4 is 4.90 Å². The molecule has 3 aliphatic heterocycles. The largest absolute Gasteiger partial charge is 0.357 e. The normalized spacial score (nSPS) is 20.9. The number of amides is 2. The van der Waals surface area contributed by atoms with Crippen molar-refractivity contribution in [3.63, 3.8) is 0 Å². The Balaban J connectivity index is 1.18. The van der Waals surface area contributed by atoms with Gasteiger partial charge in [0.15, 0.2) is 0 Å². The lowest BCUT2D eigenvalue weighted by Crippen LogP contribution is -2.46. The predicted octanol–water partition coefficient (Wildman–Crippen LogP) is 1.48. The Labute approximate surface area is 181 Å². The van der Waals surface area contributed by atoms with Gasteiger partial charge in [0.05, 0.1) is 6.20 Å². The van der Waals surface area contributed by atoms with Crippen molar-refractivity contribution in [1.29, 1.82) is 0 Å². The van der Waals surface area contributed by atoms with Gasteiger partial charge in [-0.3, -0.25) is 14.6 Å². The van der Waals surface area contributed by atoms with Crippen molar-refractivity contribution in [3.05, 3.63) is 59.8 Å². The van der Waals surface area contributed by atoms with Gasteiger partial charge in [0.2, 0.25) is 11.8 Å². The second kappa shape index (κ2) is 8.02. The van der Waals surface area contributed by atoms with Crippen LogP contribution in [0.25, 0.3) is 6.08 Å². The molecule has 5 rings (SSSR count). The molecule has 0 bridgehead atoms. The van der Waals surface area contributed by atoms with E-state index >= 15 is 0 Å². The second-order valence-electron chi connectivity index (χ2n) is 8.45. The molecule has 1 unspecified atom stereocenters. The smallest absolute Gasteiger partial charge is 0.247 e. The molecule has 1 fully saturated rings. The lowest BCUT2D eigenvalue weighted by Gasteiger charge is -2.29. The first-order chi connectivity index (χ1) is 15.1. The molecule has 0 saturated carbocycles. The molecular weight excluding hydrogens is 392 g/mol. The quantitative estimate of drug-likeness (QED) is 0.555.